The van der Waals surface area contributed by atoms with E-state index in [2.05, 4.69) is 20.5 Å². The van der Waals surface area contributed by atoms with Gasteiger partial charge in [-0.05, 0) is 30.3 Å². The molecule has 0 aliphatic heterocycles. The van der Waals surface area contributed by atoms with Crippen molar-refractivity contribution in [2.24, 2.45) is 0 Å². The van der Waals surface area contributed by atoms with Crippen molar-refractivity contribution in [3.05, 3.63) is 60.6 Å². The Hall–Kier alpha value is -2.88. The van der Waals surface area contributed by atoms with E-state index in [9.17, 15) is 18.0 Å². The van der Waals surface area contributed by atoms with E-state index in [1.807, 2.05) is 0 Å². The minimum Gasteiger partial charge on any atom is -0.325 e. The van der Waals surface area contributed by atoms with Crippen molar-refractivity contribution in [2.75, 3.05) is 11.1 Å². The molecule has 1 amide bonds. The van der Waals surface area contributed by atoms with E-state index in [4.69, 9.17) is 0 Å². The summed E-state index contributed by atoms with van der Waals surface area (Å²) in [5.41, 5.74) is -0.741. The Balaban J connectivity index is 1.63. The lowest BCUT2D eigenvalue weighted by Crippen LogP contribution is -2.15. The third-order valence-electron chi connectivity index (χ3n) is 3.22. The summed E-state index contributed by atoms with van der Waals surface area (Å²) in [6.45, 7) is 0. The SMILES string of the molecule is O=C(CSc1nncn1-c1ccccn1)Nc1cccc(C(F)(F)F)c1. The van der Waals surface area contributed by atoms with Crippen LogP contribution in [0.3, 0.4) is 0 Å². The summed E-state index contributed by atoms with van der Waals surface area (Å²) >= 11 is 1.10. The number of amides is 1. The molecule has 0 aliphatic rings. The first-order valence-corrected chi connectivity index (χ1v) is 8.33. The number of aromatic nitrogens is 4. The number of carbonyl (C=O) groups excluding carboxylic acids is 1. The molecule has 0 saturated heterocycles. The zero-order valence-corrected chi connectivity index (χ0v) is 14.0. The molecule has 0 aliphatic carbocycles. The molecule has 26 heavy (non-hydrogen) atoms. The molecule has 0 spiro atoms. The van der Waals surface area contributed by atoms with Crippen molar-refractivity contribution in [2.45, 2.75) is 11.3 Å². The van der Waals surface area contributed by atoms with Gasteiger partial charge in [0, 0.05) is 11.9 Å². The Morgan fingerprint density at radius 2 is 2.04 bits per heavy atom. The molecule has 3 rings (SSSR count). The number of anilines is 1. The van der Waals surface area contributed by atoms with Gasteiger partial charge >= 0.3 is 6.18 Å². The van der Waals surface area contributed by atoms with Crippen LogP contribution in [0.1, 0.15) is 5.56 Å². The lowest BCUT2D eigenvalue weighted by Gasteiger charge is -2.10. The van der Waals surface area contributed by atoms with Gasteiger partial charge in [0.15, 0.2) is 5.16 Å². The fourth-order valence-corrected chi connectivity index (χ4v) is 2.79. The molecule has 0 atom stereocenters. The molecule has 2 heterocycles. The number of nitrogens with one attached hydrogen (secondary N) is 1. The van der Waals surface area contributed by atoms with Gasteiger partial charge in [0.1, 0.15) is 12.1 Å². The molecule has 2 aromatic heterocycles. The van der Waals surface area contributed by atoms with E-state index < -0.39 is 17.6 Å². The zero-order valence-electron chi connectivity index (χ0n) is 13.1. The lowest BCUT2D eigenvalue weighted by atomic mass is 10.2. The number of hydrogen-bond acceptors (Lipinski definition) is 5. The van der Waals surface area contributed by atoms with Gasteiger partial charge in [0.25, 0.3) is 0 Å². The zero-order chi connectivity index (χ0) is 18.6. The number of halogens is 3. The molecule has 1 aromatic carbocycles. The summed E-state index contributed by atoms with van der Waals surface area (Å²) in [6, 6.07) is 9.80. The highest BCUT2D eigenvalue weighted by atomic mass is 32.2. The van der Waals surface area contributed by atoms with Gasteiger partial charge in [-0.15, -0.1) is 10.2 Å². The smallest absolute Gasteiger partial charge is 0.325 e. The first kappa shape index (κ1) is 17.9. The molecule has 3 aromatic rings. The summed E-state index contributed by atoms with van der Waals surface area (Å²) in [5.74, 6) is 0.102. The maximum absolute atomic E-state index is 12.7. The minimum atomic E-state index is -4.46. The van der Waals surface area contributed by atoms with Crippen LogP contribution >= 0.6 is 11.8 Å². The van der Waals surface area contributed by atoms with Crippen LogP contribution in [-0.4, -0.2) is 31.4 Å². The third-order valence-corrected chi connectivity index (χ3v) is 4.16. The van der Waals surface area contributed by atoms with Crippen LogP contribution in [0.15, 0.2) is 60.1 Å². The van der Waals surface area contributed by atoms with Gasteiger partial charge in [0.2, 0.25) is 5.91 Å². The summed E-state index contributed by atoms with van der Waals surface area (Å²) in [5, 5.41) is 10.6. The minimum absolute atomic E-state index is 0.0399. The highest BCUT2D eigenvalue weighted by molar-refractivity contribution is 7.99. The number of alkyl halides is 3. The number of carbonyl (C=O) groups is 1. The van der Waals surface area contributed by atoms with Crippen molar-refractivity contribution in [1.29, 1.82) is 0 Å². The predicted molar refractivity (Wildman–Crippen MR) is 90.0 cm³/mol. The average Bonchev–Trinajstić information content (AvgIpc) is 3.09. The van der Waals surface area contributed by atoms with E-state index in [1.165, 1.54) is 18.5 Å². The number of pyridine rings is 1. The van der Waals surface area contributed by atoms with Crippen molar-refractivity contribution < 1.29 is 18.0 Å². The quantitative estimate of drug-likeness (QED) is 0.688. The van der Waals surface area contributed by atoms with Gasteiger partial charge in [-0.25, -0.2) is 4.98 Å². The van der Waals surface area contributed by atoms with Gasteiger partial charge in [0.05, 0.1) is 11.3 Å². The van der Waals surface area contributed by atoms with Crippen LogP contribution in [0.2, 0.25) is 0 Å². The first-order chi connectivity index (χ1) is 12.4. The lowest BCUT2D eigenvalue weighted by molar-refractivity contribution is -0.137. The second kappa shape index (κ2) is 7.56. The van der Waals surface area contributed by atoms with Crippen molar-refractivity contribution in [3.8, 4) is 5.82 Å². The van der Waals surface area contributed by atoms with E-state index in [0.29, 0.717) is 11.0 Å². The van der Waals surface area contributed by atoms with E-state index in [-0.39, 0.29) is 11.4 Å². The van der Waals surface area contributed by atoms with Crippen LogP contribution < -0.4 is 5.32 Å². The second-order valence-corrected chi connectivity index (χ2v) is 6.03. The molecule has 0 fully saturated rings. The highest BCUT2D eigenvalue weighted by Gasteiger charge is 2.30. The predicted octanol–water partition coefficient (Wildman–Crippen LogP) is 3.41. The monoisotopic (exact) mass is 379 g/mol. The molecular weight excluding hydrogens is 367 g/mol. The summed E-state index contributed by atoms with van der Waals surface area (Å²) < 4.78 is 39.7. The fourth-order valence-electron chi connectivity index (χ4n) is 2.08. The van der Waals surface area contributed by atoms with Gasteiger partial charge in [-0.3, -0.25) is 9.36 Å². The van der Waals surface area contributed by atoms with E-state index >= 15 is 0 Å². The Bertz CT molecular complexity index is 898. The molecule has 0 saturated carbocycles. The molecule has 1 N–H and O–H groups in total. The Morgan fingerprint density at radius 3 is 2.77 bits per heavy atom. The number of thioether (sulfide) groups is 1. The van der Waals surface area contributed by atoms with E-state index in [1.54, 1.807) is 29.0 Å². The molecule has 0 radical (unpaired) electrons. The molecular formula is C16H12F3N5OS. The maximum atomic E-state index is 12.7. The number of nitrogens with zero attached hydrogens (tertiary/aromatic N) is 4. The van der Waals surface area contributed by atoms with Crippen LogP contribution in [0.25, 0.3) is 5.82 Å². The maximum Gasteiger partial charge on any atom is 0.416 e. The highest BCUT2D eigenvalue weighted by Crippen LogP contribution is 2.30. The second-order valence-electron chi connectivity index (χ2n) is 5.09. The molecule has 0 unspecified atom stereocenters. The Kier molecular flexibility index (Phi) is 5.21. The number of rotatable bonds is 5. The molecule has 0 bridgehead atoms. The van der Waals surface area contributed by atoms with Crippen molar-refractivity contribution in [1.82, 2.24) is 19.7 Å². The topological polar surface area (TPSA) is 72.7 Å². The van der Waals surface area contributed by atoms with Gasteiger partial charge in [-0.2, -0.15) is 13.2 Å². The number of benzene rings is 1. The molecule has 134 valence electrons. The van der Waals surface area contributed by atoms with Crippen LogP contribution in [0.5, 0.6) is 0 Å². The van der Waals surface area contributed by atoms with Crippen LogP contribution in [0.4, 0.5) is 18.9 Å². The largest absolute Gasteiger partial charge is 0.416 e. The Morgan fingerprint density at radius 1 is 1.19 bits per heavy atom. The van der Waals surface area contributed by atoms with Gasteiger partial charge in [-0.1, -0.05) is 23.9 Å². The van der Waals surface area contributed by atoms with Crippen molar-refractivity contribution >= 4 is 23.4 Å². The van der Waals surface area contributed by atoms with Crippen LogP contribution in [-0.2, 0) is 11.0 Å². The first-order valence-electron chi connectivity index (χ1n) is 7.35. The third kappa shape index (κ3) is 4.39. The van der Waals surface area contributed by atoms with Gasteiger partial charge < -0.3 is 5.32 Å². The Labute approximate surface area is 150 Å². The van der Waals surface area contributed by atoms with Crippen molar-refractivity contribution in [3.63, 3.8) is 0 Å². The standard InChI is InChI=1S/C16H12F3N5OS/c17-16(18,19)11-4-3-5-12(8-11)22-14(25)9-26-15-23-21-10-24(15)13-6-1-2-7-20-13/h1-8,10H,9H2,(H,22,25). The summed E-state index contributed by atoms with van der Waals surface area (Å²) in [7, 11) is 0. The summed E-state index contributed by atoms with van der Waals surface area (Å²) in [6.07, 6.45) is -1.38. The van der Waals surface area contributed by atoms with Crippen LogP contribution in [0, 0.1) is 0 Å². The molecule has 10 heteroatoms. The molecule has 6 nitrogen and oxygen atoms in total. The summed E-state index contributed by atoms with van der Waals surface area (Å²) in [4.78, 5) is 16.2. The normalized spacial score (nSPS) is 11.3. The van der Waals surface area contributed by atoms with E-state index in [0.717, 1.165) is 23.9 Å². The average molecular weight is 379 g/mol. The fraction of sp³-hybridized carbons (Fsp3) is 0.125. The number of hydrogen-bond donors (Lipinski definition) is 1.